The molecule has 1 rings (SSSR count). The summed E-state index contributed by atoms with van der Waals surface area (Å²) < 4.78 is 0. The minimum atomic E-state index is 0.0945. The molecule has 2 N–H and O–H groups in total. The van der Waals surface area contributed by atoms with E-state index < -0.39 is 0 Å². The van der Waals surface area contributed by atoms with E-state index in [4.69, 9.17) is 5.73 Å². The lowest BCUT2D eigenvalue weighted by Gasteiger charge is -2.24. The summed E-state index contributed by atoms with van der Waals surface area (Å²) >= 11 is 0. The van der Waals surface area contributed by atoms with Gasteiger partial charge in [0.25, 0.3) is 0 Å². The molecule has 1 aromatic rings. The normalized spacial score (nSPS) is 13.3. The van der Waals surface area contributed by atoms with Crippen molar-refractivity contribution in [1.82, 2.24) is 9.80 Å². The van der Waals surface area contributed by atoms with Crippen molar-refractivity contribution in [2.24, 2.45) is 5.73 Å². The molecule has 3 nitrogen and oxygen atoms in total. The van der Waals surface area contributed by atoms with Gasteiger partial charge < -0.3 is 15.5 Å². The molecule has 0 aliphatic carbocycles. The van der Waals surface area contributed by atoms with Crippen LogP contribution in [-0.2, 0) is 0 Å². The first-order chi connectivity index (χ1) is 8.40. The largest absolute Gasteiger partial charge is 0.323 e. The highest BCUT2D eigenvalue weighted by Crippen LogP contribution is 2.18. The average Bonchev–Trinajstić information content (AvgIpc) is 2.29. The molecule has 0 amide bonds. The summed E-state index contributed by atoms with van der Waals surface area (Å²) in [6.45, 7) is 7.26. The molecule has 0 bridgehead atoms. The predicted molar refractivity (Wildman–Crippen MR) is 78.9 cm³/mol. The third-order valence-electron chi connectivity index (χ3n) is 3.27. The van der Waals surface area contributed by atoms with Gasteiger partial charge in [-0.25, -0.2) is 0 Å². The third-order valence-corrected chi connectivity index (χ3v) is 3.27. The molecule has 1 atom stereocenters. The van der Waals surface area contributed by atoms with E-state index in [0.717, 1.165) is 19.6 Å². The van der Waals surface area contributed by atoms with Crippen molar-refractivity contribution >= 4 is 0 Å². The van der Waals surface area contributed by atoms with Crippen molar-refractivity contribution in [2.75, 3.05) is 40.8 Å². The van der Waals surface area contributed by atoms with Gasteiger partial charge in [-0.15, -0.1) is 0 Å². The highest BCUT2D eigenvalue weighted by Gasteiger charge is 2.11. The Kier molecular flexibility index (Phi) is 5.79. The Hall–Kier alpha value is -0.900. The van der Waals surface area contributed by atoms with Gasteiger partial charge in [0.15, 0.2) is 0 Å². The molecule has 0 spiro atoms. The number of nitrogens with two attached hydrogens (primary N) is 1. The SMILES string of the molecule is Cc1ccc(C)c(C(N)CN(C)CCN(C)C)c1. The minimum absolute atomic E-state index is 0.0945. The van der Waals surface area contributed by atoms with E-state index in [-0.39, 0.29) is 6.04 Å². The van der Waals surface area contributed by atoms with Gasteiger partial charge in [-0.1, -0.05) is 23.8 Å². The maximum Gasteiger partial charge on any atom is 0.0426 e. The molecule has 0 radical (unpaired) electrons. The maximum absolute atomic E-state index is 6.32. The van der Waals surface area contributed by atoms with E-state index in [1.165, 1.54) is 16.7 Å². The maximum atomic E-state index is 6.32. The Balaban J connectivity index is 2.58. The van der Waals surface area contributed by atoms with Crippen LogP contribution in [-0.4, -0.2) is 50.6 Å². The lowest BCUT2D eigenvalue weighted by Crippen LogP contribution is -2.34. The molecule has 1 aromatic carbocycles. The highest BCUT2D eigenvalue weighted by atomic mass is 15.2. The molecule has 3 heteroatoms. The summed E-state index contributed by atoms with van der Waals surface area (Å²) in [5.41, 5.74) is 10.2. The van der Waals surface area contributed by atoms with Crippen LogP contribution in [0.2, 0.25) is 0 Å². The van der Waals surface area contributed by atoms with Crippen LogP contribution in [0.1, 0.15) is 22.7 Å². The number of hydrogen-bond donors (Lipinski definition) is 1. The van der Waals surface area contributed by atoms with E-state index in [2.05, 4.69) is 63.0 Å². The molecule has 0 saturated heterocycles. The van der Waals surface area contributed by atoms with Crippen molar-refractivity contribution < 1.29 is 0 Å². The monoisotopic (exact) mass is 249 g/mol. The van der Waals surface area contributed by atoms with E-state index in [1.807, 2.05) is 0 Å². The Morgan fingerprint density at radius 3 is 2.39 bits per heavy atom. The van der Waals surface area contributed by atoms with Gasteiger partial charge in [0, 0.05) is 25.7 Å². The quantitative estimate of drug-likeness (QED) is 0.834. The fourth-order valence-electron chi connectivity index (χ4n) is 2.06. The summed E-state index contributed by atoms with van der Waals surface area (Å²) in [6.07, 6.45) is 0. The Labute approximate surface area is 112 Å². The first kappa shape index (κ1) is 15.2. The van der Waals surface area contributed by atoms with Crippen LogP contribution in [0.15, 0.2) is 18.2 Å². The number of likely N-dealkylation sites (N-methyl/N-ethyl adjacent to an activating group) is 2. The first-order valence-corrected chi connectivity index (χ1v) is 6.56. The standard InChI is InChI=1S/C15H27N3/c1-12-6-7-13(2)14(10-12)15(16)11-18(5)9-8-17(3)4/h6-7,10,15H,8-9,11,16H2,1-5H3. The van der Waals surface area contributed by atoms with Crippen LogP contribution in [0.3, 0.4) is 0 Å². The third kappa shape index (κ3) is 4.77. The molecule has 0 heterocycles. The zero-order chi connectivity index (χ0) is 13.7. The summed E-state index contributed by atoms with van der Waals surface area (Å²) in [5.74, 6) is 0. The number of benzene rings is 1. The van der Waals surface area contributed by atoms with E-state index in [9.17, 15) is 0 Å². The summed E-state index contributed by atoms with van der Waals surface area (Å²) in [6, 6.07) is 6.60. The second kappa shape index (κ2) is 6.88. The molecule has 18 heavy (non-hydrogen) atoms. The molecule has 1 unspecified atom stereocenters. The Bertz CT molecular complexity index is 374. The van der Waals surface area contributed by atoms with Gasteiger partial charge in [-0.2, -0.15) is 0 Å². The molecule has 102 valence electrons. The van der Waals surface area contributed by atoms with Gasteiger partial charge in [0.1, 0.15) is 0 Å². The van der Waals surface area contributed by atoms with Crippen molar-refractivity contribution in [3.63, 3.8) is 0 Å². The van der Waals surface area contributed by atoms with Gasteiger partial charge in [-0.3, -0.25) is 0 Å². The minimum Gasteiger partial charge on any atom is -0.323 e. The van der Waals surface area contributed by atoms with Crippen molar-refractivity contribution in [1.29, 1.82) is 0 Å². The molecular weight excluding hydrogens is 222 g/mol. The Morgan fingerprint density at radius 1 is 1.11 bits per heavy atom. The van der Waals surface area contributed by atoms with Gasteiger partial charge >= 0.3 is 0 Å². The van der Waals surface area contributed by atoms with Gasteiger partial charge in [0.2, 0.25) is 0 Å². The number of hydrogen-bond acceptors (Lipinski definition) is 3. The molecule has 0 saturated carbocycles. The zero-order valence-electron chi connectivity index (χ0n) is 12.4. The van der Waals surface area contributed by atoms with Crippen LogP contribution in [0.5, 0.6) is 0 Å². The van der Waals surface area contributed by atoms with Crippen molar-refractivity contribution in [2.45, 2.75) is 19.9 Å². The van der Waals surface area contributed by atoms with E-state index >= 15 is 0 Å². The second-order valence-electron chi connectivity index (χ2n) is 5.53. The van der Waals surface area contributed by atoms with Gasteiger partial charge in [0.05, 0.1) is 0 Å². The fourth-order valence-corrected chi connectivity index (χ4v) is 2.06. The van der Waals surface area contributed by atoms with E-state index in [1.54, 1.807) is 0 Å². The molecule has 0 fully saturated rings. The van der Waals surface area contributed by atoms with Crippen LogP contribution in [0.25, 0.3) is 0 Å². The highest BCUT2D eigenvalue weighted by molar-refractivity contribution is 5.32. The van der Waals surface area contributed by atoms with Gasteiger partial charge in [-0.05, 0) is 46.1 Å². The number of rotatable bonds is 6. The predicted octanol–water partition coefficient (Wildman–Crippen LogP) is 1.80. The number of nitrogens with zero attached hydrogens (tertiary/aromatic N) is 2. The van der Waals surface area contributed by atoms with Crippen molar-refractivity contribution in [3.05, 3.63) is 34.9 Å². The lowest BCUT2D eigenvalue weighted by atomic mass is 9.99. The van der Waals surface area contributed by atoms with Crippen molar-refractivity contribution in [3.8, 4) is 0 Å². The molecule has 0 aliphatic heterocycles. The summed E-state index contributed by atoms with van der Waals surface area (Å²) in [7, 11) is 6.32. The van der Waals surface area contributed by atoms with E-state index in [0.29, 0.717) is 0 Å². The molecule has 0 aliphatic rings. The lowest BCUT2D eigenvalue weighted by molar-refractivity contribution is 0.269. The summed E-state index contributed by atoms with van der Waals surface area (Å²) in [5, 5.41) is 0. The van der Waals surface area contributed by atoms with Crippen LogP contribution in [0.4, 0.5) is 0 Å². The van der Waals surface area contributed by atoms with Crippen LogP contribution < -0.4 is 5.73 Å². The van der Waals surface area contributed by atoms with Crippen LogP contribution in [0, 0.1) is 13.8 Å². The zero-order valence-corrected chi connectivity index (χ0v) is 12.4. The molecular formula is C15H27N3. The number of aryl methyl sites for hydroxylation is 2. The first-order valence-electron chi connectivity index (χ1n) is 6.56. The fraction of sp³-hybridized carbons (Fsp3) is 0.600. The van der Waals surface area contributed by atoms with Crippen LogP contribution >= 0.6 is 0 Å². The summed E-state index contributed by atoms with van der Waals surface area (Å²) in [4.78, 5) is 4.49. The molecule has 0 aromatic heterocycles. The second-order valence-corrected chi connectivity index (χ2v) is 5.53. The topological polar surface area (TPSA) is 32.5 Å². The smallest absolute Gasteiger partial charge is 0.0426 e. The average molecular weight is 249 g/mol. The Morgan fingerprint density at radius 2 is 1.78 bits per heavy atom.